The normalized spacial score (nSPS) is 24.3. The lowest BCUT2D eigenvalue weighted by Gasteiger charge is -2.27. The zero-order chi connectivity index (χ0) is 19.3. The van der Waals surface area contributed by atoms with Gasteiger partial charge in [0.15, 0.2) is 0 Å². The van der Waals surface area contributed by atoms with Crippen molar-refractivity contribution in [2.24, 2.45) is 0 Å². The molecule has 0 N–H and O–H groups in total. The second-order valence-corrected chi connectivity index (χ2v) is 10.3. The Kier molecular flexibility index (Phi) is 7.19. The van der Waals surface area contributed by atoms with Crippen LogP contribution in [-0.4, -0.2) is 73.1 Å². The number of esters is 1. The molecule has 2 saturated heterocycles. The third-order valence-corrected chi connectivity index (χ3v) is 8.19. The number of rotatable bonds is 8. The summed E-state index contributed by atoms with van der Waals surface area (Å²) in [6.45, 7) is 3.36. The zero-order valence-electron chi connectivity index (χ0n) is 15.7. The largest absolute Gasteiger partial charge is 0.461 e. The second kappa shape index (κ2) is 9.41. The second-order valence-electron chi connectivity index (χ2n) is 7.11. The summed E-state index contributed by atoms with van der Waals surface area (Å²) in [5, 5.41) is 0.294. The predicted octanol–water partition coefficient (Wildman–Crippen LogP) is 1.96. The molecule has 8 heteroatoms. The molecule has 0 radical (unpaired) electrons. The molecule has 27 heavy (non-hydrogen) atoms. The molecule has 0 saturated carbocycles. The fourth-order valence-electron chi connectivity index (χ4n) is 3.76. The lowest BCUT2D eigenvalue weighted by Crippen LogP contribution is -2.40. The summed E-state index contributed by atoms with van der Waals surface area (Å²) in [7, 11) is -3.45. The van der Waals surface area contributed by atoms with Gasteiger partial charge >= 0.3 is 5.97 Å². The van der Waals surface area contributed by atoms with Gasteiger partial charge in [0.05, 0.1) is 12.2 Å². The molecule has 6 nitrogen and oxygen atoms in total. The van der Waals surface area contributed by atoms with Crippen LogP contribution in [-0.2, 0) is 26.2 Å². The van der Waals surface area contributed by atoms with E-state index in [0.717, 1.165) is 18.7 Å². The molecular formula is C19H28N2O4S2. The van der Waals surface area contributed by atoms with Gasteiger partial charge in [-0.2, -0.15) is 16.1 Å². The first-order chi connectivity index (χ1) is 13.0. The molecule has 0 bridgehead atoms. The van der Waals surface area contributed by atoms with Crippen LogP contribution in [0.15, 0.2) is 30.3 Å². The zero-order valence-corrected chi connectivity index (χ0v) is 17.4. The van der Waals surface area contributed by atoms with Crippen LogP contribution in [0.2, 0.25) is 0 Å². The van der Waals surface area contributed by atoms with Crippen LogP contribution in [0.5, 0.6) is 0 Å². The topological polar surface area (TPSA) is 66.9 Å². The number of hydrogen-bond donors (Lipinski definition) is 0. The first-order valence-electron chi connectivity index (χ1n) is 9.44. The van der Waals surface area contributed by atoms with Crippen LogP contribution < -0.4 is 0 Å². The van der Waals surface area contributed by atoms with E-state index in [2.05, 4.69) is 4.90 Å². The maximum Gasteiger partial charge on any atom is 0.307 e. The third kappa shape index (κ3) is 5.47. The Labute approximate surface area is 166 Å². The molecule has 1 aromatic carbocycles. The Morgan fingerprint density at radius 3 is 2.56 bits per heavy atom. The van der Waals surface area contributed by atoms with Crippen LogP contribution in [0, 0.1) is 0 Å². The first-order valence-corrected chi connectivity index (χ1v) is 12.3. The molecule has 2 aliphatic heterocycles. The van der Waals surface area contributed by atoms with Gasteiger partial charge in [0.1, 0.15) is 6.61 Å². The van der Waals surface area contributed by atoms with E-state index in [-0.39, 0.29) is 24.8 Å². The number of hydrogen-bond acceptors (Lipinski definition) is 6. The average Bonchev–Trinajstić information content (AvgIpc) is 3.35. The minimum Gasteiger partial charge on any atom is -0.461 e. The Hall–Kier alpha value is -1.09. The maximum atomic E-state index is 12.7. The van der Waals surface area contributed by atoms with Crippen molar-refractivity contribution in [1.29, 1.82) is 0 Å². The first kappa shape index (κ1) is 20.6. The van der Waals surface area contributed by atoms with Gasteiger partial charge in [-0.25, -0.2) is 8.42 Å². The minimum absolute atomic E-state index is 0.107. The molecule has 150 valence electrons. The average molecular weight is 413 g/mol. The predicted molar refractivity (Wildman–Crippen MR) is 108 cm³/mol. The van der Waals surface area contributed by atoms with Crippen LogP contribution in [0.1, 0.15) is 24.8 Å². The van der Waals surface area contributed by atoms with E-state index in [1.165, 1.54) is 12.8 Å². The van der Waals surface area contributed by atoms with E-state index < -0.39 is 16.0 Å². The number of carbonyl (C=O) groups excluding carboxylic acids is 1. The molecule has 0 spiro atoms. The Morgan fingerprint density at radius 2 is 1.89 bits per heavy atom. The quantitative estimate of drug-likeness (QED) is 0.608. The maximum absolute atomic E-state index is 12.7. The van der Waals surface area contributed by atoms with Crippen LogP contribution in [0.4, 0.5) is 0 Å². The number of thioether (sulfide) groups is 1. The number of benzene rings is 1. The van der Waals surface area contributed by atoms with Crippen LogP contribution >= 0.6 is 11.8 Å². The number of carbonyl (C=O) groups is 1. The van der Waals surface area contributed by atoms with Crippen molar-refractivity contribution in [2.75, 3.05) is 38.2 Å². The van der Waals surface area contributed by atoms with Gasteiger partial charge in [0.25, 0.3) is 0 Å². The standard InChI is InChI=1S/C19H28N2O4S2/c1-26-18-14-21(13-17(18)20-10-5-6-11-20)27(23,24)12-9-19(22)25-15-16-7-3-2-4-8-16/h2-4,7-8,17-18H,5-6,9-15H2,1H3/t17-,18+/m0/s1. The summed E-state index contributed by atoms with van der Waals surface area (Å²) in [6.07, 6.45) is 4.32. The van der Waals surface area contributed by atoms with E-state index in [1.54, 1.807) is 16.1 Å². The lowest BCUT2D eigenvalue weighted by atomic mass is 10.2. The summed E-state index contributed by atoms with van der Waals surface area (Å²) in [6, 6.07) is 9.66. The number of sulfonamides is 1. The molecule has 3 rings (SSSR count). The van der Waals surface area contributed by atoms with Crippen LogP contribution in [0.3, 0.4) is 0 Å². The molecule has 0 aromatic heterocycles. The van der Waals surface area contributed by atoms with E-state index in [9.17, 15) is 13.2 Å². The summed E-state index contributed by atoms with van der Waals surface area (Å²) in [5.41, 5.74) is 0.893. The van der Waals surface area contributed by atoms with Crippen molar-refractivity contribution in [1.82, 2.24) is 9.21 Å². The SMILES string of the molecule is CS[C@@H]1CN(S(=O)(=O)CCC(=O)OCc2ccccc2)C[C@@H]1N1CCCC1. The molecule has 1 aromatic rings. The fraction of sp³-hybridized carbons (Fsp3) is 0.632. The van der Waals surface area contributed by atoms with Gasteiger partial charge in [-0.3, -0.25) is 9.69 Å². The number of likely N-dealkylation sites (tertiary alicyclic amines) is 1. The van der Waals surface area contributed by atoms with Crippen molar-refractivity contribution < 1.29 is 17.9 Å². The van der Waals surface area contributed by atoms with Gasteiger partial charge in [-0.05, 0) is 37.8 Å². The van der Waals surface area contributed by atoms with Gasteiger partial charge in [0.2, 0.25) is 10.0 Å². The van der Waals surface area contributed by atoms with Gasteiger partial charge in [0, 0.05) is 24.4 Å². The Morgan fingerprint density at radius 1 is 1.19 bits per heavy atom. The van der Waals surface area contributed by atoms with Crippen molar-refractivity contribution in [3.8, 4) is 0 Å². The Bertz CT molecular complexity index is 720. The van der Waals surface area contributed by atoms with E-state index in [0.29, 0.717) is 18.3 Å². The highest BCUT2D eigenvalue weighted by Crippen LogP contribution is 2.29. The van der Waals surface area contributed by atoms with Crippen molar-refractivity contribution >= 4 is 27.8 Å². The molecular weight excluding hydrogens is 384 g/mol. The molecule has 2 fully saturated rings. The summed E-state index contributed by atoms with van der Waals surface area (Å²) < 4.78 is 32.2. The molecule has 0 amide bonds. The van der Waals surface area contributed by atoms with E-state index in [1.807, 2.05) is 36.6 Å². The summed E-state index contributed by atoms with van der Waals surface area (Å²) >= 11 is 1.74. The molecule has 0 aliphatic carbocycles. The summed E-state index contributed by atoms with van der Waals surface area (Å²) in [5.74, 6) is -0.659. The molecule has 0 unspecified atom stereocenters. The monoisotopic (exact) mass is 412 g/mol. The van der Waals surface area contributed by atoms with Gasteiger partial charge < -0.3 is 4.74 Å². The highest BCUT2D eigenvalue weighted by molar-refractivity contribution is 7.99. The van der Waals surface area contributed by atoms with Crippen molar-refractivity contribution in [3.05, 3.63) is 35.9 Å². The number of ether oxygens (including phenoxy) is 1. The number of nitrogens with zero attached hydrogens (tertiary/aromatic N) is 2. The van der Waals surface area contributed by atoms with E-state index >= 15 is 0 Å². The summed E-state index contributed by atoms with van der Waals surface area (Å²) in [4.78, 5) is 14.4. The fourth-order valence-corrected chi connectivity index (χ4v) is 6.20. The highest BCUT2D eigenvalue weighted by atomic mass is 32.2. The Balaban J connectivity index is 1.49. The smallest absolute Gasteiger partial charge is 0.307 e. The third-order valence-electron chi connectivity index (χ3n) is 5.32. The lowest BCUT2D eigenvalue weighted by molar-refractivity contribution is -0.144. The van der Waals surface area contributed by atoms with Gasteiger partial charge in [-0.1, -0.05) is 30.3 Å². The van der Waals surface area contributed by atoms with E-state index in [4.69, 9.17) is 4.74 Å². The van der Waals surface area contributed by atoms with Gasteiger partial charge in [-0.15, -0.1) is 0 Å². The highest BCUT2D eigenvalue weighted by Gasteiger charge is 2.41. The molecule has 2 atom stereocenters. The molecule has 2 aliphatic rings. The van der Waals surface area contributed by atoms with Crippen molar-refractivity contribution in [3.63, 3.8) is 0 Å². The van der Waals surface area contributed by atoms with Crippen LogP contribution in [0.25, 0.3) is 0 Å². The van der Waals surface area contributed by atoms with Crippen molar-refractivity contribution in [2.45, 2.75) is 37.2 Å². The molecule has 2 heterocycles. The minimum atomic E-state index is -3.45.